The topological polar surface area (TPSA) is 332 Å². The SMILES string of the molecule is [3H]C1CC(=O)N(CC(=O)NCCC(=O)N[C@H](C(=O)N[C@@H](CO[C@@H]2O[C@H](CO)[C@@H](O)[C@H](O)[C@H]2O)C(=O)Nc2ccc(COC(=O)N(C)[C@H](C(=O)N[C@H](C(=O)N(C)C)C(C)C)C(C)C)cc2)C(C)C)C1=O. The van der Waals surface area contributed by atoms with E-state index in [1.807, 2.05) is 0 Å². The number of hydrogen-bond acceptors (Lipinski definition) is 16. The molecule has 2 heterocycles. The van der Waals surface area contributed by atoms with E-state index < -0.39 is 134 Å². The third-order valence-electron chi connectivity index (χ3n) is 11.0. The van der Waals surface area contributed by atoms with Crippen LogP contribution in [0.1, 0.15) is 67.7 Å². The Bertz CT molecular complexity index is 1990. The average molecular weight is 967 g/mol. The van der Waals surface area contributed by atoms with Gasteiger partial charge in [-0.15, -0.1) is 0 Å². The van der Waals surface area contributed by atoms with Crippen molar-refractivity contribution in [2.75, 3.05) is 52.8 Å². The summed E-state index contributed by atoms with van der Waals surface area (Å²) in [6.07, 6.45) is -11.2. The number of carbonyl (C=O) groups excluding carboxylic acids is 9. The molecule has 9 amide bonds. The molecular formula is C44H68N8O16. The molecular weight excluding hydrogens is 897 g/mol. The maximum atomic E-state index is 13.8. The third kappa shape index (κ3) is 15.9. The molecule has 0 aliphatic carbocycles. The molecule has 0 spiro atoms. The lowest BCUT2D eigenvalue weighted by Gasteiger charge is -2.40. The Hall–Kier alpha value is -5.79. The van der Waals surface area contributed by atoms with Crippen molar-refractivity contribution in [1.82, 2.24) is 36.0 Å². The molecule has 24 heteroatoms. The molecule has 3 rings (SSSR count). The molecule has 1 unspecified atom stereocenters. The maximum Gasteiger partial charge on any atom is 0.410 e. The Labute approximate surface area is 396 Å². The Morgan fingerprint density at radius 2 is 1.44 bits per heavy atom. The molecule has 9 N–H and O–H groups in total. The van der Waals surface area contributed by atoms with Crippen LogP contribution in [0.25, 0.3) is 0 Å². The Balaban J connectivity index is 1.69. The number of amides is 9. The van der Waals surface area contributed by atoms with Gasteiger partial charge in [-0.3, -0.25) is 48.2 Å². The smallest absolute Gasteiger partial charge is 0.410 e. The predicted molar refractivity (Wildman–Crippen MR) is 239 cm³/mol. The molecule has 1 aromatic rings. The fraction of sp³-hybridized carbons (Fsp3) is 0.659. The quantitative estimate of drug-likeness (QED) is 0.0514. The number of nitrogens with zero attached hydrogens (tertiary/aromatic N) is 3. The number of anilines is 1. The summed E-state index contributed by atoms with van der Waals surface area (Å²) in [6.45, 7) is 7.68. The Morgan fingerprint density at radius 3 is 1.99 bits per heavy atom. The summed E-state index contributed by atoms with van der Waals surface area (Å²) in [5.74, 6) is -6.65. The summed E-state index contributed by atoms with van der Waals surface area (Å²) in [5, 5.41) is 53.5. The average Bonchev–Trinajstić information content (AvgIpc) is 3.52. The zero-order chi connectivity index (χ0) is 52.0. The normalized spacial score (nSPS) is 22.4. The Morgan fingerprint density at radius 1 is 0.809 bits per heavy atom. The number of benzene rings is 1. The zero-order valence-electron chi connectivity index (χ0n) is 40.8. The number of aliphatic hydroxyl groups is 4. The fourth-order valence-corrected chi connectivity index (χ4v) is 7.05. The summed E-state index contributed by atoms with van der Waals surface area (Å²) in [6, 6.07) is 1.33. The van der Waals surface area contributed by atoms with Gasteiger partial charge in [0.1, 0.15) is 61.7 Å². The lowest BCUT2D eigenvalue weighted by Crippen LogP contribution is -2.60. The molecule has 380 valence electrons. The first kappa shape index (κ1) is 54.8. The standard InChI is InChI=1S/C44H68N8O16/c1-22(2)33(48-29(54)16-17-45-30(55)18-52-31(56)14-15-32(52)57)40(62)47-27(21-66-43-38(60)37(59)36(58)28(19-53)68-43)39(61)46-26-12-10-25(11-13-26)20-67-44(65)51(9)35(24(5)6)41(63)49-34(23(3)4)42(64)50(7)8/h10-13,22-24,27-28,33-38,43,53,58-60H,14-21H2,1-9H3,(H,45,55)(H,46,61)(H,47,62)(H,48,54)(H,49,63)/t27-,28+,33-,34-,35-,36+,37-,38+,43+/m0/s1/i14T/t14?,27-,28+,33-,34-,35-,36+,37-,38+,43+. The summed E-state index contributed by atoms with van der Waals surface area (Å²) < 4.78 is 24.1. The molecule has 0 bridgehead atoms. The van der Waals surface area contributed by atoms with Crippen LogP contribution in [-0.4, -0.2) is 191 Å². The van der Waals surface area contributed by atoms with E-state index in [1.165, 1.54) is 36.2 Å². The van der Waals surface area contributed by atoms with Crippen LogP contribution in [0.2, 0.25) is 0 Å². The minimum atomic E-state index is -1.85. The number of carbonyl (C=O) groups is 9. The van der Waals surface area contributed by atoms with E-state index in [-0.39, 0.29) is 49.4 Å². The van der Waals surface area contributed by atoms with Crippen molar-refractivity contribution >= 4 is 59.0 Å². The highest BCUT2D eigenvalue weighted by Gasteiger charge is 2.45. The van der Waals surface area contributed by atoms with E-state index in [4.69, 9.17) is 15.6 Å². The predicted octanol–water partition coefficient (Wildman–Crippen LogP) is -2.46. The molecule has 0 radical (unpaired) electrons. The van der Waals surface area contributed by atoms with E-state index in [0.29, 0.717) is 10.5 Å². The van der Waals surface area contributed by atoms with Crippen LogP contribution in [0.15, 0.2) is 24.3 Å². The molecule has 0 aromatic heterocycles. The third-order valence-corrected chi connectivity index (χ3v) is 11.0. The summed E-state index contributed by atoms with van der Waals surface area (Å²) >= 11 is 0. The summed E-state index contributed by atoms with van der Waals surface area (Å²) in [4.78, 5) is 119. The largest absolute Gasteiger partial charge is 0.445 e. The zero-order valence-corrected chi connectivity index (χ0v) is 39.8. The van der Waals surface area contributed by atoms with Gasteiger partial charge in [0.05, 0.1) is 13.2 Å². The molecule has 2 fully saturated rings. The van der Waals surface area contributed by atoms with E-state index >= 15 is 0 Å². The van der Waals surface area contributed by atoms with Crippen molar-refractivity contribution in [1.29, 1.82) is 0 Å². The van der Waals surface area contributed by atoms with Gasteiger partial charge in [0.25, 0.3) is 0 Å². The van der Waals surface area contributed by atoms with Crippen molar-refractivity contribution in [2.24, 2.45) is 17.8 Å². The molecule has 0 saturated carbocycles. The van der Waals surface area contributed by atoms with Crippen LogP contribution in [0, 0.1) is 17.8 Å². The van der Waals surface area contributed by atoms with Crippen LogP contribution in [0.4, 0.5) is 10.5 Å². The van der Waals surface area contributed by atoms with Gasteiger partial charge in [0, 0.05) is 54.0 Å². The molecule has 2 aliphatic heterocycles. The second-order valence-electron chi connectivity index (χ2n) is 17.7. The van der Waals surface area contributed by atoms with Crippen LogP contribution >= 0.6 is 0 Å². The van der Waals surface area contributed by atoms with Gasteiger partial charge in [0.2, 0.25) is 47.3 Å². The van der Waals surface area contributed by atoms with Gasteiger partial charge < -0.3 is 66.1 Å². The van der Waals surface area contributed by atoms with Crippen molar-refractivity contribution in [3.8, 4) is 0 Å². The van der Waals surface area contributed by atoms with Crippen molar-refractivity contribution in [3.05, 3.63) is 29.8 Å². The van der Waals surface area contributed by atoms with Gasteiger partial charge in [-0.25, -0.2) is 4.79 Å². The lowest BCUT2D eigenvalue weighted by atomic mass is 9.99. The van der Waals surface area contributed by atoms with E-state index in [1.54, 1.807) is 55.6 Å². The first-order valence-electron chi connectivity index (χ1n) is 22.7. The number of likely N-dealkylation sites (tertiary alicyclic amines) is 1. The molecule has 2 saturated heterocycles. The van der Waals surface area contributed by atoms with Crippen molar-refractivity contribution < 1.29 is 79.2 Å². The summed E-state index contributed by atoms with van der Waals surface area (Å²) in [7, 11) is 4.56. The molecule has 24 nitrogen and oxygen atoms in total. The van der Waals surface area contributed by atoms with Gasteiger partial charge in [-0.1, -0.05) is 53.7 Å². The molecule has 68 heavy (non-hydrogen) atoms. The number of rotatable bonds is 23. The second-order valence-corrected chi connectivity index (χ2v) is 17.7. The van der Waals surface area contributed by atoms with Gasteiger partial charge >= 0.3 is 6.09 Å². The molecule has 10 atom stereocenters. The van der Waals surface area contributed by atoms with Crippen molar-refractivity contribution in [3.63, 3.8) is 0 Å². The van der Waals surface area contributed by atoms with Gasteiger partial charge in [0.15, 0.2) is 6.29 Å². The van der Waals surface area contributed by atoms with Crippen LogP contribution < -0.4 is 26.6 Å². The van der Waals surface area contributed by atoms with E-state index in [9.17, 15) is 63.6 Å². The number of aliphatic hydroxyl groups excluding tert-OH is 4. The number of ether oxygens (including phenoxy) is 3. The first-order chi connectivity index (χ1) is 32.3. The number of hydrogen-bond donors (Lipinski definition) is 9. The minimum Gasteiger partial charge on any atom is -0.445 e. The second kappa shape index (κ2) is 26.1. The molecule has 1 aromatic carbocycles. The highest BCUT2D eigenvalue weighted by molar-refractivity contribution is 6.04. The number of imide groups is 1. The first-order valence-corrected chi connectivity index (χ1v) is 22.1. The fourth-order valence-electron chi connectivity index (χ4n) is 7.05. The molecule has 2 aliphatic rings. The van der Waals surface area contributed by atoms with Gasteiger partial charge in [-0.05, 0) is 35.4 Å². The summed E-state index contributed by atoms with van der Waals surface area (Å²) in [5.41, 5.74) is 0.665. The van der Waals surface area contributed by atoms with Crippen molar-refractivity contribution in [2.45, 2.75) is 122 Å². The van der Waals surface area contributed by atoms with Crippen LogP contribution in [0.5, 0.6) is 0 Å². The van der Waals surface area contributed by atoms with Gasteiger partial charge in [-0.2, -0.15) is 0 Å². The Kier molecular flexibility index (Phi) is 21.0. The maximum absolute atomic E-state index is 13.8. The van der Waals surface area contributed by atoms with Crippen LogP contribution in [-0.2, 0) is 59.2 Å². The minimum absolute atomic E-state index is 0.191. The van der Waals surface area contributed by atoms with E-state index in [0.717, 1.165) is 4.90 Å². The van der Waals surface area contributed by atoms with Crippen LogP contribution in [0.3, 0.4) is 0 Å². The lowest BCUT2D eigenvalue weighted by molar-refractivity contribution is -0.301. The highest BCUT2D eigenvalue weighted by Crippen LogP contribution is 2.23. The number of nitrogens with one attached hydrogen (secondary N) is 5. The monoisotopic (exact) mass is 966 g/mol. The van der Waals surface area contributed by atoms with E-state index in [2.05, 4.69) is 26.6 Å². The highest BCUT2D eigenvalue weighted by atomic mass is 16.7. The number of likely N-dealkylation sites (N-methyl/N-ethyl adjacent to an activating group) is 2.